The van der Waals surface area contributed by atoms with E-state index in [4.69, 9.17) is 18.9 Å². The lowest BCUT2D eigenvalue weighted by atomic mass is 10.6. The van der Waals surface area contributed by atoms with Crippen LogP contribution >= 0.6 is 59.1 Å². The van der Waals surface area contributed by atoms with Crippen molar-refractivity contribution in [3.63, 3.8) is 0 Å². The van der Waals surface area contributed by atoms with Crippen LogP contribution in [-0.4, -0.2) is 51.6 Å². The van der Waals surface area contributed by atoms with Crippen molar-refractivity contribution >= 4 is 59.1 Å². The second-order valence-electron chi connectivity index (χ2n) is 3.56. The number of thiophene rings is 1. The van der Waals surface area contributed by atoms with Crippen LogP contribution in [0.1, 0.15) is 0 Å². The second kappa shape index (κ2) is 12.4. The molecular formula is C12H17Br3O4S. The maximum absolute atomic E-state index is 5.57. The zero-order valence-electron chi connectivity index (χ0n) is 10.9. The number of halogens is 3. The van der Waals surface area contributed by atoms with Crippen molar-refractivity contribution in [2.24, 2.45) is 0 Å². The Morgan fingerprint density at radius 3 is 1.90 bits per heavy atom. The maximum Gasteiger partial charge on any atom is 0.145 e. The van der Waals surface area contributed by atoms with Crippen molar-refractivity contribution in [2.75, 3.05) is 51.6 Å². The molecule has 4 nitrogen and oxygen atoms in total. The zero-order valence-corrected chi connectivity index (χ0v) is 16.5. The summed E-state index contributed by atoms with van der Waals surface area (Å²) < 4.78 is 23.6. The SMILES string of the molecule is BrCCOCCOCCOCCOc1cc(Br)sc1Br. The van der Waals surface area contributed by atoms with Crippen molar-refractivity contribution in [2.45, 2.75) is 0 Å². The first-order chi connectivity index (χ1) is 9.74. The van der Waals surface area contributed by atoms with E-state index in [2.05, 4.69) is 47.8 Å². The number of rotatable bonds is 12. The van der Waals surface area contributed by atoms with E-state index in [9.17, 15) is 0 Å². The zero-order chi connectivity index (χ0) is 14.6. The van der Waals surface area contributed by atoms with Gasteiger partial charge < -0.3 is 18.9 Å². The molecule has 0 saturated carbocycles. The van der Waals surface area contributed by atoms with Gasteiger partial charge in [-0.25, -0.2) is 0 Å². The molecule has 116 valence electrons. The van der Waals surface area contributed by atoms with Crippen LogP contribution in [-0.2, 0) is 14.2 Å². The van der Waals surface area contributed by atoms with Gasteiger partial charge in [-0.1, -0.05) is 15.9 Å². The lowest BCUT2D eigenvalue weighted by Gasteiger charge is -2.07. The molecule has 0 amide bonds. The largest absolute Gasteiger partial charge is 0.489 e. The highest BCUT2D eigenvalue weighted by atomic mass is 79.9. The number of ether oxygens (including phenoxy) is 4. The Bertz CT molecular complexity index is 362. The molecule has 1 aromatic rings. The summed E-state index contributed by atoms with van der Waals surface area (Å²) in [4.78, 5) is 0. The fourth-order valence-electron chi connectivity index (χ4n) is 1.23. The Kier molecular flexibility index (Phi) is 11.7. The number of hydrogen-bond donors (Lipinski definition) is 0. The van der Waals surface area contributed by atoms with Crippen molar-refractivity contribution < 1.29 is 18.9 Å². The minimum Gasteiger partial charge on any atom is -0.489 e. The van der Waals surface area contributed by atoms with Crippen LogP contribution in [0.2, 0.25) is 0 Å². The summed E-state index contributed by atoms with van der Waals surface area (Å²) in [5, 5.41) is 0.854. The summed E-state index contributed by atoms with van der Waals surface area (Å²) in [6.45, 7) is 4.14. The molecule has 1 rings (SSSR count). The van der Waals surface area contributed by atoms with Crippen molar-refractivity contribution in [1.82, 2.24) is 0 Å². The Morgan fingerprint density at radius 2 is 1.40 bits per heavy atom. The second-order valence-corrected chi connectivity index (χ2v) is 8.11. The Hall–Kier alpha value is 0.820. The van der Waals surface area contributed by atoms with Crippen LogP contribution in [0.15, 0.2) is 13.6 Å². The highest BCUT2D eigenvalue weighted by molar-refractivity contribution is 9.12. The first-order valence-electron chi connectivity index (χ1n) is 6.11. The van der Waals surface area contributed by atoms with E-state index in [1.165, 1.54) is 0 Å². The van der Waals surface area contributed by atoms with Crippen molar-refractivity contribution in [3.8, 4) is 5.75 Å². The normalized spacial score (nSPS) is 10.9. The van der Waals surface area contributed by atoms with Gasteiger partial charge in [0.1, 0.15) is 16.1 Å². The third-order valence-electron chi connectivity index (χ3n) is 2.08. The van der Waals surface area contributed by atoms with Gasteiger partial charge in [0.15, 0.2) is 0 Å². The molecule has 0 bridgehead atoms. The fraction of sp³-hybridized carbons (Fsp3) is 0.667. The minimum absolute atomic E-state index is 0.524. The topological polar surface area (TPSA) is 36.9 Å². The molecule has 0 saturated heterocycles. The Morgan fingerprint density at radius 1 is 0.850 bits per heavy atom. The van der Waals surface area contributed by atoms with Gasteiger partial charge in [-0.15, -0.1) is 11.3 Å². The van der Waals surface area contributed by atoms with Gasteiger partial charge in [-0.2, -0.15) is 0 Å². The van der Waals surface area contributed by atoms with Crippen LogP contribution in [0.4, 0.5) is 0 Å². The molecule has 0 fully saturated rings. The van der Waals surface area contributed by atoms with Gasteiger partial charge in [-0.3, -0.25) is 0 Å². The summed E-state index contributed by atoms with van der Waals surface area (Å²) >= 11 is 11.7. The van der Waals surface area contributed by atoms with Gasteiger partial charge >= 0.3 is 0 Å². The Labute approximate surface area is 148 Å². The highest BCUT2D eigenvalue weighted by Crippen LogP contribution is 2.37. The van der Waals surface area contributed by atoms with E-state index in [1.807, 2.05) is 6.07 Å². The van der Waals surface area contributed by atoms with Crippen molar-refractivity contribution in [3.05, 3.63) is 13.6 Å². The number of hydrogen-bond acceptors (Lipinski definition) is 5. The molecule has 0 spiro atoms. The van der Waals surface area contributed by atoms with Crippen LogP contribution < -0.4 is 4.74 Å². The van der Waals surface area contributed by atoms with Gasteiger partial charge in [0, 0.05) is 11.4 Å². The molecule has 1 aromatic heterocycles. The van der Waals surface area contributed by atoms with E-state index in [0.29, 0.717) is 46.2 Å². The first-order valence-corrected chi connectivity index (χ1v) is 9.63. The highest BCUT2D eigenvalue weighted by Gasteiger charge is 2.05. The van der Waals surface area contributed by atoms with E-state index in [-0.39, 0.29) is 0 Å². The quantitative estimate of drug-likeness (QED) is 0.322. The van der Waals surface area contributed by atoms with Gasteiger partial charge in [-0.05, 0) is 31.9 Å². The molecule has 20 heavy (non-hydrogen) atoms. The smallest absolute Gasteiger partial charge is 0.145 e. The van der Waals surface area contributed by atoms with Crippen LogP contribution in [0.3, 0.4) is 0 Å². The predicted molar refractivity (Wildman–Crippen MR) is 91.5 cm³/mol. The number of alkyl halides is 1. The third kappa shape index (κ3) is 8.96. The van der Waals surface area contributed by atoms with Gasteiger partial charge in [0.05, 0.1) is 43.4 Å². The average molecular weight is 497 g/mol. The molecule has 0 aliphatic heterocycles. The molecule has 0 aliphatic carbocycles. The van der Waals surface area contributed by atoms with Crippen LogP contribution in [0.5, 0.6) is 5.75 Å². The summed E-state index contributed by atoms with van der Waals surface area (Å²) in [6.07, 6.45) is 0. The lowest BCUT2D eigenvalue weighted by molar-refractivity contribution is 0.0118. The molecule has 0 unspecified atom stereocenters. The Balaban J connectivity index is 1.86. The summed E-state index contributed by atoms with van der Waals surface area (Å²) in [7, 11) is 0. The molecule has 0 atom stereocenters. The predicted octanol–water partition coefficient (Wildman–Crippen LogP) is 4.10. The molecule has 0 aromatic carbocycles. The van der Waals surface area contributed by atoms with Crippen LogP contribution in [0, 0.1) is 0 Å². The molecule has 0 radical (unpaired) electrons. The summed E-state index contributed by atoms with van der Waals surface area (Å²) in [5.74, 6) is 0.839. The fourth-order valence-corrected chi connectivity index (χ4v) is 4.11. The van der Waals surface area contributed by atoms with Gasteiger partial charge in [0.2, 0.25) is 0 Å². The van der Waals surface area contributed by atoms with Crippen LogP contribution in [0.25, 0.3) is 0 Å². The molecule has 8 heteroatoms. The van der Waals surface area contributed by atoms with Gasteiger partial charge in [0.25, 0.3) is 0 Å². The van der Waals surface area contributed by atoms with E-state index >= 15 is 0 Å². The standard InChI is InChI=1S/C12H17Br3O4S/c13-1-2-16-3-4-17-5-6-18-7-8-19-10-9-11(14)20-12(10)15/h9H,1-8H2. The monoisotopic (exact) mass is 494 g/mol. The molecular weight excluding hydrogens is 480 g/mol. The van der Waals surface area contributed by atoms with E-state index in [1.54, 1.807) is 11.3 Å². The van der Waals surface area contributed by atoms with E-state index in [0.717, 1.165) is 18.7 Å². The van der Waals surface area contributed by atoms with E-state index < -0.39 is 0 Å². The minimum atomic E-state index is 0.524. The molecule has 0 aliphatic rings. The molecule has 1 heterocycles. The lowest BCUT2D eigenvalue weighted by Crippen LogP contribution is -2.13. The molecule has 0 N–H and O–H groups in total. The summed E-state index contributed by atoms with van der Waals surface area (Å²) in [5.41, 5.74) is 0. The maximum atomic E-state index is 5.57. The van der Waals surface area contributed by atoms with Crippen molar-refractivity contribution in [1.29, 1.82) is 0 Å². The summed E-state index contributed by atoms with van der Waals surface area (Å²) in [6, 6.07) is 1.94. The average Bonchev–Trinajstić information content (AvgIpc) is 2.74. The third-order valence-corrected chi connectivity index (χ3v) is 4.68. The first kappa shape index (κ1) is 18.9.